The van der Waals surface area contributed by atoms with Gasteiger partial charge in [0.25, 0.3) is 0 Å². The zero-order chi connectivity index (χ0) is 14.4. The number of hydrogen-bond acceptors (Lipinski definition) is 1. The molecule has 1 aliphatic rings. The van der Waals surface area contributed by atoms with E-state index in [2.05, 4.69) is 5.32 Å². The highest BCUT2D eigenvalue weighted by atomic mass is 35.5. The van der Waals surface area contributed by atoms with Crippen molar-refractivity contribution in [3.05, 3.63) is 34.6 Å². The van der Waals surface area contributed by atoms with Crippen LogP contribution in [0, 0.1) is 11.7 Å². The summed E-state index contributed by atoms with van der Waals surface area (Å²) in [5.74, 6) is 0.621. The van der Waals surface area contributed by atoms with Gasteiger partial charge in [0.2, 0.25) is 0 Å². The summed E-state index contributed by atoms with van der Waals surface area (Å²) in [4.78, 5) is 0. The van der Waals surface area contributed by atoms with Gasteiger partial charge in [0.1, 0.15) is 5.82 Å². The first-order valence-electron chi connectivity index (χ1n) is 7.81. The molecule has 0 heterocycles. The van der Waals surface area contributed by atoms with Crippen molar-refractivity contribution in [3.63, 3.8) is 0 Å². The molecule has 2 rings (SSSR count). The smallest absolute Gasteiger partial charge is 0.145 e. The van der Waals surface area contributed by atoms with Gasteiger partial charge >= 0.3 is 0 Å². The molecule has 1 unspecified atom stereocenters. The summed E-state index contributed by atoms with van der Waals surface area (Å²) in [6, 6.07) is 5.61. The zero-order valence-electron chi connectivity index (χ0n) is 12.3. The molecule has 1 fully saturated rings. The van der Waals surface area contributed by atoms with Crippen LogP contribution in [0.15, 0.2) is 18.2 Å². The Morgan fingerprint density at radius 2 is 2.05 bits per heavy atom. The Bertz CT molecular complexity index is 415. The molecule has 112 valence electrons. The molecule has 1 nitrogen and oxygen atoms in total. The summed E-state index contributed by atoms with van der Waals surface area (Å²) in [6.45, 7) is 0. The molecule has 1 aromatic rings. The predicted molar refractivity (Wildman–Crippen MR) is 83.8 cm³/mol. The van der Waals surface area contributed by atoms with Crippen molar-refractivity contribution < 1.29 is 4.39 Å². The predicted octanol–water partition coefficient (Wildman–Crippen LogP) is 4.97. The number of hydrogen-bond donors (Lipinski definition) is 1. The van der Waals surface area contributed by atoms with Gasteiger partial charge in [0, 0.05) is 6.04 Å². The van der Waals surface area contributed by atoms with Crippen molar-refractivity contribution in [3.8, 4) is 0 Å². The molecule has 3 heteroatoms. The molecule has 0 aromatic heterocycles. The SMILES string of the molecule is CNC(CCC1CCCCC1)Cc1cccc(Cl)c1F. The van der Waals surface area contributed by atoms with Crippen molar-refractivity contribution in [2.75, 3.05) is 7.05 Å². The number of nitrogens with one attached hydrogen (secondary N) is 1. The molecular weight excluding hydrogens is 273 g/mol. The van der Waals surface area contributed by atoms with Crippen molar-refractivity contribution in [2.45, 2.75) is 57.4 Å². The molecule has 0 amide bonds. The lowest BCUT2D eigenvalue weighted by Gasteiger charge is -2.24. The third-order valence-electron chi connectivity index (χ3n) is 4.55. The van der Waals surface area contributed by atoms with Gasteiger partial charge in [-0.1, -0.05) is 55.8 Å². The summed E-state index contributed by atoms with van der Waals surface area (Å²) < 4.78 is 13.9. The molecule has 1 aliphatic carbocycles. The molecule has 1 N–H and O–H groups in total. The Balaban J connectivity index is 1.86. The Morgan fingerprint density at radius 3 is 2.75 bits per heavy atom. The largest absolute Gasteiger partial charge is 0.317 e. The average Bonchev–Trinajstić information content (AvgIpc) is 2.49. The number of halogens is 2. The molecule has 0 bridgehead atoms. The van der Waals surface area contributed by atoms with Crippen molar-refractivity contribution in [1.29, 1.82) is 0 Å². The summed E-state index contributed by atoms with van der Waals surface area (Å²) >= 11 is 5.84. The van der Waals surface area contributed by atoms with E-state index in [0.29, 0.717) is 6.04 Å². The van der Waals surface area contributed by atoms with Gasteiger partial charge < -0.3 is 5.32 Å². The first kappa shape index (κ1) is 15.8. The Labute approximate surface area is 126 Å². The summed E-state index contributed by atoms with van der Waals surface area (Å²) in [7, 11) is 1.97. The van der Waals surface area contributed by atoms with Crippen LogP contribution in [0.4, 0.5) is 4.39 Å². The number of likely N-dealkylation sites (N-methyl/N-ethyl adjacent to an activating group) is 1. The average molecular weight is 298 g/mol. The van der Waals surface area contributed by atoms with Gasteiger partial charge in [-0.2, -0.15) is 0 Å². The Kier molecular flexibility index (Phi) is 6.31. The fourth-order valence-corrected chi connectivity index (χ4v) is 3.43. The van der Waals surface area contributed by atoms with E-state index in [1.807, 2.05) is 19.2 Å². The third kappa shape index (κ3) is 4.46. The molecule has 1 atom stereocenters. The van der Waals surface area contributed by atoms with Gasteiger partial charge in [-0.15, -0.1) is 0 Å². The topological polar surface area (TPSA) is 12.0 Å². The lowest BCUT2D eigenvalue weighted by atomic mass is 9.84. The molecule has 1 saturated carbocycles. The minimum Gasteiger partial charge on any atom is -0.317 e. The van der Waals surface area contributed by atoms with Crippen molar-refractivity contribution in [2.24, 2.45) is 5.92 Å². The van der Waals surface area contributed by atoms with E-state index >= 15 is 0 Å². The van der Waals surface area contributed by atoms with Crippen LogP contribution >= 0.6 is 11.6 Å². The Hall–Kier alpha value is -0.600. The van der Waals surface area contributed by atoms with Gasteiger partial charge in [-0.3, -0.25) is 0 Å². The maximum atomic E-state index is 13.9. The number of benzene rings is 1. The van der Waals surface area contributed by atoms with Gasteiger partial charge in [0.05, 0.1) is 5.02 Å². The summed E-state index contributed by atoms with van der Waals surface area (Å²) in [6.07, 6.45) is 10.0. The standard InChI is InChI=1S/C17H25ClFN/c1-20-15(11-10-13-6-3-2-4-7-13)12-14-8-5-9-16(18)17(14)19/h5,8-9,13,15,20H,2-4,6-7,10-12H2,1H3. The molecule has 20 heavy (non-hydrogen) atoms. The highest BCUT2D eigenvalue weighted by molar-refractivity contribution is 6.30. The lowest BCUT2D eigenvalue weighted by Crippen LogP contribution is -2.28. The van der Waals surface area contributed by atoms with Gasteiger partial charge in [-0.05, 0) is 43.9 Å². The summed E-state index contributed by atoms with van der Waals surface area (Å²) in [5.41, 5.74) is 0.723. The first-order chi connectivity index (χ1) is 9.70. The van der Waals surface area contributed by atoms with Crippen LogP contribution in [0.3, 0.4) is 0 Å². The minimum atomic E-state index is -0.257. The quantitative estimate of drug-likeness (QED) is 0.781. The second kappa shape index (κ2) is 7.99. The molecule has 1 aromatic carbocycles. The van der Waals surface area contributed by atoms with Crippen LogP contribution in [0.2, 0.25) is 5.02 Å². The fourth-order valence-electron chi connectivity index (χ4n) is 3.23. The van der Waals surface area contributed by atoms with E-state index in [-0.39, 0.29) is 10.8 Å². The van der Waals surface area contributed by atoms with E-state index < -0.39 is 0 Å². The van der Waals surface area contributed by atoms with E-state index in [1.54, 1.807) is 6.07 Å². The maximum absolute atomic E-state index is 13.9. The normalized spacial score (nSPS) is 18.1. The molecular formula is C17H25ClFN. The van der Waals surface area contributed by atoms with Crippen LogP contribution in [0.25, 0.3) is 0 Å². The maximum Gasteiger partial charge on any atom is 0.145 e. The van der Waals surface area contributed by atoms with Gasteiger partial charge in [0.15, 0.2) is 0 Å². The fraction of sp³-hybridized carbons (Fsp3) is 0.647. The van der Waals surface area contributed by atoms with E-state index in [0.717, 1.165) is 24.3 Å². The van der Waals surface area contributed by atoms with Crippen LogP contribution in [0.1, 0.15) is 50.5 Å². The van der Waals surface area contributed by atoms with Crippen LogP contribution < -0.4 is 5.32 Å². The lowest BCUT2D eigenvalue weighted by molar-refractivity contribution is 0.315. The highest BCUT2D eigenvalue weighted by Gasteiger charge is 2.17. The third-order valence-corrected chi connectivity index (χ3v) is 4.85. The van der Waals surface area contributed by atoms with E-state index in [4.69, 9.17) is 11.6 Å². The molecule has 0 radical (unpaired) electrons. The Morgan fingerprint density at radius 1 is 1.30 bits per heavy atom. The van der Waals surface area contributed by atoms with Crippen molar-refractivity contribution in [1.82, 2.24) is 5.32 Å². The second-order valence-electron chi connectivity index (χ2n) is 5.98. The van der Waals surface area contributed by atoms with Gasteiger partial charge in [-0.25, -0.2) is 4.39 Å². The van der Waals surface area contributed by atoms with Crippen LogP contribution in [-0.2, 0) is 6.42 Å². The second-order valence-corrected chi connectivity index (χ2v) is 6.39. The monoisotopic (exact) mass is 297 g/mol. The van der Waals surface area contributed by atoms with Crippen LogP contribution in [-0.4, -0.2) is 13.1 Å². The minimum absolute atomic E-state index is 0.227. The molecule has 0 aliphatic heterocycles. The first-order valence-corrected chi connectivity index (χ1v) is 8.18. The van der Waals surface area contributed by atoms with Crippen LogP contribution in [0.5, 0.6) is 0 Å². The zero-order valence-corrected chi connectivity index (χ0v) is 13.1. The number of rotatable bonds is 6. The molecule has 0 saturated heterocycles. The van der Waals surface area contributed by atoms with E-state index in [1.165, 1.54) is 38.5 Å². The summed E-state index contributed by atoms with van der Waals surface area (Å²) in [5, 5.41) is 3.55. The molecule has 0 spiro atoms. The van der Waals surface area contributed by atoms with Crippen molar-refractivity contribution >= 4 is 11.6 Å². The highest BCUT2D eigenvalue weighted by Crippen LogP contribution is 2.28. The van der Waals surface area contributed by atoms with E-state index in [9.17, 15) is 4.39 Å².